The van der Waals surface area contributed by atoms with Crippen LogP contribution in [0.15, 0.2) is 17.3 Å². The Kier molecular flexibility index (Phi) is 9.73. The molecule has 0 bridgehead atoms. The molecule has 3 rings (SSSR count). The largest absolute Gasteiger partial charge is 0.475 e. The summed E-state index contributed by atoms with van der Waals surface area (Å²) < 4.78 is 43.3. The van der Waals surface area contributed by atoms with Gasteiger partial charge in [-0.25, -0.2) is 9.98 Å². The average Bonchev–Trinajstić information content (AvgIpc) is 3.51. The van der Waals surface area contributed by atoms with Crippen molar-refractivity contribution in [3.63, 3.8) is 0 Å². The van der Waals surface area contributed by atoms with Crippen LogP contribution in [0.4, 0.5) is 13.2 Å². The van der Waals surface area contributed by atoms with Crippen LogP contribution in [-0.4, -0.2) is 60.7 Å². The van der Waals surface area contributed by atoms with Crippen LogP contribution in [0, 0.1) is 0 Å². The summed E-state index contributed by atoms with van der Waals surface area (Å²) in [6, 6.07) is 2.00. The minimum Gasteiger partial charge on any atom is -0.475 e. The number of nitrogens with zero attached hydrogens (tertiary/aromatic N) is 3. The number of rotatable bonds is 7. The molecule has 1 aromatic rings. The Balaban J connectivity index is 0.00000320. The van der Waals surface area contributed by atoms with Crippen LogP contribution in [0.5, 0.6) is 5.88 Å². The second-order valence-electron chi connectivity index (χ2n) is 7.30. The molecule has 2 fully saturated rings. The average molecular weight is 562 g/mol. The van der Waals surface area contributed by atoms with Crippen LogP contribution in [0.1, 0.15) is 38.2 Å². The van der Waals surface area contributed by atoms with Crippen molar-refractivity contribution >= 4 is 41.5 Å². The van der Waals surface area contributed by atoms with Crippen molar-refractivity contribution in [3.05, 3.63) is 22.8 Å². The lowest BCUT2D eigenvalue weighted by atomic mass is 10.1. The number of ether oxygens (including phenoxy) is 1. The van der Waals surface area contributed by atoms with Gasteiger partial charge in [0, 0.05) is 37.9 Å². The Labute approximate surface area is 197 Å². The summed E-state index contributed by atoms with van der Waals surface area (Å²) in [4.78, 5) is 10.7. The normalized spacial score (nSPS) is 18.6. The third-order valence-corrected chi connectivity index (χ3v) is 5.28. The van der Waals surface area contributed by atoms with E-state index in [2.05, 4.69) is 25.5 Å². The van der Waals surface area contributed by atoms with Gasteiger partial charge in [-0.2, -0.15) is 13.2 Å². The Morgan fingerprint density at radius 2 is 2.00 bits per heavy atom. The molecule has 2 aliphatic rings. The number of aliphatic imine (C=N–C) groups is 1. The molecule has 1 saturated heterocycles. The third kappa shape index (κ3) is 7.60. The van der Waals surface area contributed by atoms with E-state index in [1.807, 2.05) is 6.92 Å². The first kappa shape index (κ1) is 25.3. The van der Waals surface area contributed by atoms with Gasteiger partial charge in [0.2, 0.25) is 5.88 Å². The summed E-state index contributed by atoms with van der Waals surface area (Å²) >= 11 is 5.84. The van der Waals surface area contributed by atoms with Crippen LogP contribution in [-0.2, 0) is 6.18 Å². The van der Waals surface area contributed by atoms with E-state index < -0.39 is 11.7 Å². The number of pyridine rings is 1. The van der Waals surface area contributed by atoms with Gasteiger partial charge in [0.25, 0.3) is 0 Å². The highest BCUT2D eigenvalue weighted by molar-refractivity contribution is 14.0. The Hall–Kier alpha value is -1.01. The fraction of sp³-hybridized carbons (Fsp3) is 0.684. The lowest BCUT2D eigenvalue weighted by Gasteiger charge is -2.33. The highest BCUT2D eigenvalue weighted by Gasteiger charge is 2.32. The van der Waals surface area contributed by atoms with E-state index >= 15 is 0 Å². The van der Waals surface area contributed by atoms with Crippen LogP contribution in [0.25, 0.3) is 0 Å². The number of halogens is 5. The highest BCUT2D eigenvalue weighted by Crippen LogP contribution is 2.33. The predicted molar refractivity (Wildman–Crippen MR) is 122 cm³/mol. The molecule has 11 heteroatoms. The summed E-state index contributed by atoms with van der Waals surface area (Å²) in [5.74, 6) is 0.688. The lowest BCUT2D eigenvalue weighted by molar-refractivity contribution is -0.137. The van der Waals surface area contributed by atoms with Crippen molar-refractivity contribution in [2.75, 3.05) is 32.8 Å². The van der Waals surface area contributed by atoms with E-state index in [0.29, 0.717) is 24.7 Å². The van der Waals surface area contributed by atoms with Gasteiger partial charge in [-0.1, -0.05) is 11.6 Å². The Bertz CT molecular complexity index is 710. The molecule has 0 amide bonds. The first-order valence-electron chi connectivity index (χ1n) is 10.0. The smallest absolute Gasteiger partial charge is 0.417 e. The minimum atomic E-state index is -4.49. The molecule has 0 atom stereocenters. The molecular weight excluding hydrogens is 534 g/mol. The van der Waals surface area contributed by atoms with Crippen LogP contribution >= 0.6 is 35.6 Å². The van der Waals surface area contributed by atoms with E-state index in [4.69, 9.17) is 16.3 Å². The molecule has 1 saturated carbocycles. The molecule has 1 aliphatic heterocycles. The molecule has 1 aliphatic carbocycles. The van der Waals surface area contributed by atoms with Crippen molar-refractivity contribution in [1.82, 2.24) is 20.5 Å². The van der Waals surface area contributed by atoms with Crippen LogP contribution < -0.4 is 15.4 Å². The van der Waals surface area contributed by atoms with Crippen molar-refractivity contribution in [1.29, 1.82) is 0 Å². The maximum atomic E-state index is 12.7. The van der Waals surface area contributed by atoms with Crippen molar-refractivity contribution < 1.29 is 17.9 Å². The molecule has 2 heterocycles. The summed E-state index contributed by atoms with van der Waals surface area (Å²) in [7, 11) is 0. The van der Waals surface area contributed by atoms with Gasteiger partial charge in [-0.3, -0.25) is 0 Å². The summed E-state index contributed by atoms with van der Waals surface area (Å²) in [6.07, 6.45) is 1.07. The zero-order chi connectivity index (χ0) is 20.9. The number of hydrogen-bond acceptors (Lipinski definition) is 4. The molecule has 170 valence electrons. The maximum Gasteiger partial charge on any atom is 0.417 e. The molecular formula is C19H28ClF3IN5O. The summed E-state index contributed by atoms with van der Waals surface area (Å²) in [5, 5.41) is 6.50. The second-order valence-corrected chi connectivity index (χ2v) is 7.71. The van der Waals surface area contributed by atoms with Crippen LogP contribution in [0.3, 0.4) is 0 Å². The van der Waals surface area contributed by atoms with Gasteiger partial charge in [0.05, 0.1) is 12.1 Å². The summed E-state index contributed by atoms with van der Waals surface area (Å²) in [6.45, 7) is 5.45. The number of aromatic nitrogens is 1. The van der Waals surface area contributed by atoms with Gasteiger partial charge >= 0.3 is 6.18 Å². The molecule has 0 aromatic carbocycles. The fourth-order valence-electron chi connectivity index (χ4n) is 3.35. The predicted octanol–water partition coefficient (Wildman–Crippen LogP) is 3.93. The molecule has 0 unspecified atom stereocenters. The number of nitrogens with one attached hydrogen (secondary N) is 2. The van der Waals surface area contributed by atoms with E-state index in [9.17, 15) is 13.2 Å². The molecule has 2 N–H and O–H groups in total. The topological polar surface area (TPSA) is 61.8 Å². The van der Waals surface area contributed by atoms with E-state index in [0.717, 1.165) is 44.6 Å². The van der Waals surface area contributed by atoms with Crippen molar-refractivity contribution in [3.8, 4) is 5.88 Å². The lowest BCUT2D eigenvalue weighted by Crippen LogP contribution is -2.49. The first-order valence-corrected chi connectivity index (χ1v) is 10.4. The zero-order valence-corrected chi connectivity index (χ0v) is 19.9. The van der Waals surface area contributed by atoms with Gasteiger partial charge in [0.1, 0.15) is 11.6 Å². The van der Waals surface area contributed by atoms with Crippen molar-refractivity contribution in [2.45, 2.75) is 50.9 Å². The minimum absolute atomic E-state index is 0. The number of alkyl halides is 3. The van der Waals surface area contributed by atoms with Crippen molar-refractivity contribution in [2.24, 2.45) is 4.99 Å². The molecule has 30 heavy (non-hydrogen) atoms. The standard InChI is InChI=1S/C19H27ClF3N5O.HI/c1-2-24-18(27-14-5-8-28(9-6-14)15-3-4-15)25-7-10-29-17-16(20)11-13(12-26-17)19(21,22)23;/h11-12,14-15H,2-10H2,1H3,(H2,24,25,27);1H. The molecule has 0 radical (unpaired) electrons. The van der Waals surface area contributed by atoms with Crippen LogP contribution in [0.2, 0.25) is 5.02 Å². The van der Waals surface area contributed by atoms with Gasteiger partial charge in [-0.15, -0.1) is 24.0 Å². The monoisotopic (exact) mass is 561 g/mol. The Morgan fingerprint density at radius 1 is 1.30 bits per heavy atom. The van der Waals surface area contributed by atoms with E-state index in [1.165, 1.54) is 12.8 Å². The van der Waals surface area contributed by atoms with E-state index in [-0.39, 0.29) is 41.5 Å². The molecule has 0 spiro atoms. The molecule has 1 aromatic heterocycles. The van der Waals surface area contributed by atoms with E-state index in [1.54, 1.807) is 0 Å². The van der Waals surface area contributed by atoms with Gasteiger partial charge < -0.3 is 20.3 Å². The number of likely N-dealkylation sites (tertiary alicyclic amines) is 1. The number of piperidine rings is 1. The number of guanidine groups is 1. The fourth-order valence-corrected chi connectivity index (χ4v) is 3.57. The second kappa shape index (κ2) is 11.6. The van der Waals surface area contributed by atoms with Gasteiger partial charge in [0.15, 0.2) is 5.96 Å². The molecule has 6 nitrogen and oxygen atoms in total. The quantitative estimate of drug-likeness (QED) is 0.229. The SMILES string of the molecule is CCNC(=NCCOc1ncc(C(F)(F)F)cc1Cl)NC1CCN(C2CC2)CC1.I. The third-order valence-electron chi connectivity index (χ3n) is 5.01. The highest BCUT2D eigenvalue weighted by atomic mass is 127. The first-order chi connectivity index (χ1) is 13.9. The maximum absolute atomic E-state index is 12.7. The number of hydrogen-bond donors (Lipinski definition) is 2. The van der Waals surface area contributed by atoms with Gasteiger partial charge in [-0.05, 0) is 38.7 Å². The zero-order valence-electron chi connectivity index (χ0n) is 16.8. The Morgan fingerprint density at radius 3 is 2.57 bits per heavy atom. The summed E-state index contributed by atoms with van der Waals surface area (Å²) in [5.41, 5.74) is -0.903.